The van der Waals surface area contributed by atoms with Crippen molar-refractivity contribution in [1.82, 2.24) is 4.98 Å². The third-order valence-electron chi connectivity index (χ3n) is 3.05. The Morgan fingerprint density at radius 1 is 1.29 bits per heavy atom. The molecule has 2 aromatic rings. The number of H-pyrrole nitrogens is 1. The van der Waals surface area contributed by atoms with Gasteiger partial charge in [0.1, 0.15) is 0 Å². The van der Waals surface area contributed by atoms with Crippen LogP contribution in [0.3, 0.4) is 0 Å². The number of aromatic nitrogens is 1. The Bertz CT molecular complexity index is 470. The molecule has 72 valence electrons. The molecule has 2 N–H and O–H groups in total. The number of rotatable bonds is 0. The highest BCUT2D eigenvalue weighted by molar-refractivity contribution is 5.93. The van der Waals surface area contributed by atoms with E-state index in [1.165, 1.54) is 35.0 Å². The normalized spacial score (nSPS) is 20.5. The van der Waals surface area contributed by atoms with Crippen LogP contribution in [0.5, 0.6) is 0 Å². The predicted octanol–water partition coefficient (Wildman–Crippen LogP) is 2.91. The summed E-state index contributed by atoms with van der Waals surface area (Å²) in [4.78, 5) is 3.31. The van der Waals surface area contributed by atoms with E-state index >= 15 is 0 Å². The van der Waals surface area contributed by atoms with Crippen molar-refractivity contribution in [3.63, 3.8) is 0 Å². The van der Waals surface area contributed by atoms with Gasteiger partial charge in [-0.3, -0.25) is 0 Å². The Morgan fingerprint density at radius 3 is 3.14 bits per heavy atom. The van der Waals surface area contributed by atoms with Crippen molar-refractivity contribution < 1.29 is 0 Å². The lowest BCUT2D eigenvalue weighted by atomic mass is 9.97. The fourth-order valence-corrected chi connectivity index (χ4v) is 2.23. The molecule has 1 aromatic heterocycles. The fraction of sp³-hybridized carbons (Fsp3) is 0.333. The van der Waals surface area contributed by atoms with Crippen molar-refractivity contribution in [3.8, 4) is 0 Å². The first-order valence-corrected chi connectivity index (χ1v) is 5.20. The maximum absolute atomic E-state index is 3.56. The van der Waals surface area contributed by atoms with Gasteiger partial charge in [-0.05, 0) is 31.4 Å². The topological polar surface area (TPSA) is 27.8 Å². The van der Waals surface area contributed by atoms with E-state index in [0.29, 0.717) is 6.04 Å². The van der Waals surface area contributed by atoms with Crippen molar-refractivity contribution in [2.45, 2.75) is 25.8 Å². The van der Waals surface area contributed by atoms with Crippen LogP contribution in [0, 0.1) is 0 Å². The van der Waals surface area contributed by atoms with Gasteiger partial charge >= 0.3 is 0 Å². The molecule has 0 saturated carbocycles. The van der Waals surface area contributed by atoms with E-state index in [2.05, 4.69) is 35.4 Å². The van der Waals surface area contributed by atoms with Crippen LogP contribution in [0.1, 0.15) is 18.9 Å². The Balaban J connectivity index is 2.26. The third-order valence-corrected chi connectivity index (χ3v) is 3.05. The molecule has 0 radical (unpaired) electrons. The highest BCUT2D eigenvalue weighted by Crippen LogP contribution is 2.31. The molecular formula is C12H14N2. The summed E-state index contributed by atoms with van der Waals surface area (Å²) in [7, 11) is 0. The second-order valence-corrected chi connectivity index (χ2v) is 4.13. The molecule has 2 heteroatoms. The Kier molecular flexibility index (Phi) is 1.57. The first kappa shape index (κ1) is 7.92. The lowest BCUT2D eigenvalue weighted by molar-refractivity contribution is 0.682. The van der Waals surface area contributed by atoms with Crippen LogP contribution in [0.2, 0.25) is 0 Å². The van der Waals surface area contributed by atoms with Crippen LogP contribution >= 0.6 is 0 Å². The van der Waals surface area contributed by atoms with Crippen molar-refractivity contribution in [3.05, 3.63) is 30.0 Å². The molecular weight excluding hydrogens is 172 g/mol. The van der Waals surface area contributed by atoms with Crippen molar-refractivity contribution >= 4 is 16.6 Å². The number of aryl methyl sites for hydroxylation is 1. The number of anilines is 1. The van der Waals surface area contributed by atoms with Crippen LogP contribution in [0.15, 0.2) is 24.4 Å². The molecule has 1 aliphatic rings. The lowest BCUT2D eigenvalue weighted by Crippen LogP contribution is -2.22. The monoisotopic (exact) mass is 186 g/mol. The van der Waals surface area contributed by atoms with Gasteiger partial charge in [0.2, 0.25) is 0 Å². The maximum Gasteiger partial charge on any atom is 0.0692 e. The van der Waals surface area contributed by atoms with Gasteiger partial charge in [0, 0.05) is 17.6 Å². The van der Waals surface area contributed by atoms with Gasteiger partial charge < -0.3 is 10.3 Å². The molecule has 1 aromatic carbocycles. The summed E-state index contributed by atoms with van der Waals surface area (Å²) in [5.41, 5.74) is 4.01. The highest BCUT2D eigenvalue weighted by Gasteiger charge is 2.16. The third kappa shape index (κ3) is 1.03. The Morgan fingerprint density at radius 2 is 2.21 bits per heavy atom. The molecule has 1 aliphatic heterocycles. The number of fused-ring (bicyclic) bond motifs is 3. The summed E-state index contributed by atoms with van der Waals surface area (Å²) >= 11 is 0. The fourth-order valence-electron chi connectivity index (χ4n) is 2.23. The minimum Gasteiger partial charge on any atom is -0.381 e. The number of nitrogens with one attached hydrogen (secondary N) is 2. The van der Waals surface area contributed by atoms with E-state index in [1.807, 2.05) is 6.20 Å². The number of hydrogen-bond acceptors (Lipinski definition) is 1. The largest absolute Gasteiger partial charge is 0.381 e. The van der Waals surface area contributed by atoms with Crippen molar-refractivity contribution in [2.24, 2.45) is 0 Å². The van der Waals surface area contributed by atoms with Gasteiger partial charge in [-0.1, -0.05) is 12.1 Å². The van der Waals surface area contributed by atoms with Gasteiger partial charge in [0.25, 0.3) is 0 Å². The average molecular weight is 186 g/mol. The van der Waals surface area contributed by atoms with Crippen LogP contribution < -0.4 is 5.32 Å². The maximum atomic E-state index is 3.56. The molecule has 14 heavy (non-hydrogen) atoms. The summed E-state index contributed by atoms with van der Waals surface area (Å²) in [6.45, 7) is 2.24. The zero-order valence-electron chi connectivity index (χ0n) is 8.30. The van der Waals surface area contributed by atoms with Gasteiger partial charge in [-0.15, -0.1) is 0 Å². The van der Waals surface area contributed by atoms with Crippen molar-refractivity contribution in [1.29, 1.82) is 0 Å². The van der Waals surface area contributed by atoms with Crippen LogP contribution in [-0.2, 0) is 6.42 Å². The van der Waals surface area contributed by atoms with Gasteiger partial charge in [-0.25, -0.2) is 0 Å². The van der Waals surface area contributed by atoms with Crippen LogP contribution in [-0.4, -0.2) is 11.0 Å². The molecule has 0 amide bonds. The van der Waals surface area contributed by atoms with E-state index in [0.717, 1.165) is 0 Å². The molecule has 1 atom stereocenters. The quantitative estimate of drug-likeness (QED) is 0.650. The number of hydrogen-bond donors (Lipinski definition) is 2. The molecule has 0 spiro atoms. The molecule has 2 heterocycles. The van der Waals surface area contributed by atoms with E-state index < -0.39 is 0 Å². The molecule has 3 rings (SSSR count). The summed E-state index contributed by atoms with van der Waals surface area (Å²) in [6.07, 6.45) is 4.43. The standard InChI is InChI=1S/C12H14N2/c1-8-2-3-9-4-5-10-6-7-13-11(10)12(9)14-8/h4-8,13-14H,2-3H2,1H3. The number of benzene rings is 1. The summed E-state index contributed by atoms with van der Waals surface area (Å²) in [5.74, 6) is 0. The van der Waals surface area contributed by atoms with E-state index in [4.69, 9.17) is 0 Å². The van der Waals surface area contributed by atoms with Gasteiger partial charge in [-0.2, -0.15) is 0 Å². The van der Waals surface area contributed by atoms with E-state index in [-0.39, 0.29) is 0 Å². The Hall–Kier alpha value is -1.44. The zero-order valence-corrected chi connectivity index (χ0v) is 8.30. The minimum absolute atomic E-state index is 0.594. The summed E-state index contributed by atoms with van der Waals surface area (Å²) in [6, 6.07) is 7.15. The molecule has 0 fully saturated rings. The molecule has 0 saturated heterocycles. The first-order chi connectivity index (χ1) is 6.84. The average Bonchev–Trinajstić information content (AvgIpc) is 2.65. The number of aromatic amines is 1. The van der Waals surface area contributed by atoms with E-state index in [1.54, 1.807) is 0 Å². The zero-order chi connectivity index (χ0) is 9.54. The molecule has 0 aliphatic carbocycles. The second-order valence-electron chi connectivity index (χ2n) is 4.13. The van der Waals surface area contributed by atoms with Crippen molar-refractivity contribution in [2.75, 3.05) is 5.32 Å². The SMILES string of the molecule is CC1CCc2ccc3cc[nH]c3c2N1. The first-order valence-electron chi connectivity index (χ1n) is 5.20. The highest BCUT2D eigenvalue weighted by atomic mass is 14.9. The predicted molar refractivity (Wildman–Crippen MR) is 59.7 cm³/mol. The van der Waals surface area contributed by atoms with Crippen LogP contribution in [0.4, 0.5) is 5.69 Å². The molecule has 0 bridgehead atoms. The lowest BCUT2D eigenvalue weighted by Gasteiger charge is -2.24. The summed E-state index contributed by atoms with van der Waals surface area (Å²) in [5, 5.41) is 4.85. The Labute approximate surface area is 83.3 Å². The smallest absolute Gasteiger partial charge is 0.0692 e. The van der Waals surface area contributed by atoms with Gasteiger partial charge in [0.05, 0.1) is 11.2 Å². The van der Waals surface area contributed by atoms with E-state index in [9.17, 15) is 0 Å². The summed E-state index contributed by atoms with van der Waals surface area (Å²) < 4.78 is 0. The van der Waals surface area contributed by atoms with Crippen LogP contribution in [0.25, 0.3) is 10.9 Å². The van der Waals surface area contributed by atoms with Gasteiger partial charge in [0.15, 0.2) is 0 Å². The minimum atomic E-state index is 0.594. The molecule has 2 nitrogen and oxygen atoms in total. The second kappa shape index (κ2) is 2.77. The molecule has 1 unspecified atom stereocenters.